The second-order valence-corrected chi connectivity index (χ2v) is 6.82. The summed E-state index contributed by atoms with van der Waals surface area (Å²) >= 11 is 5.92. The van der Waals surface area contributed by atoms with Crippen molar-refractivity contribution < 1.29 is 4.74 Å². The summed E-state index contributed by atoms with van der Waals surface area (Å²) in [5.41, 5.74) is 9.99. The van der Waals surface area contributed by atoms with Gasteiger partial charge in [-0.2, -0.15) is 0 Å². The maximum absolute atomic E-state index is 6.03. The lowest BCUT2D eigenvalue weighted by molar-refractivity contribution is 0.298. The molecule has 2 aromatic rings. The summed E-state index contributed by atoms with van der Waals surface area (Å²) in [6.45, 7) is 9.05. The zero-order valence-electron chi connectivity index (χ0n) is 13.0. The van der Waals surface area contributed by atoms with Gasteiger partial charge >= 0.3 is 0 Å². The van der Waals surface area contributed by atoms with Crippen molar-refractivity contribution in [3.63, 3.8) is 0 Å². The van der Waals surface area contributed by atoms with Crippen LogP contribution in [0.3, 0.4) is 0 Å². The molecule has 112 valence electrons. The van der Waals surface area contributed by atoms with Gasteiger partial charge in [-0.1, -0.05) is 50.6 Å². The highest BCUT2D eigenvalue weighted by Crippen LogP contribution is 2.33. The van der Waals surface area contributed by atoms with E-state index in [4.69, 9.17) is 22.1 Å². The van der Waals surface area contributed by atoms with Crippen LogP contribution in [0.15, 0.2) is 36.4 Å². The predicted octanol–water partition coefficient (Wildman–Crippen LogP) is 5.11. The predicted molar refractivity (Wildman–Crippen MR) is 90.1 cm³/mol. The molecule has 0 aliphatic heterocycles. The zero-order chi connectivity index (χ0) is 15.6. The monoisotopic (exact) mass is 303 g/mol. The van der Waals surface area contributed by atoms with Crippen molar-refractivity contribution in [3.8, 4) is 5.75 Å². The van der Waals surface area contributed by atoms with E-state index in [1.54, 1.807) is 6.07 Å². The van der Waals surface area contributed by atoms with E-state index in [0.29, 0.717) is 17.3 Å². The Balaban J connectivity index is 2.25. The Hall–Kier alpha value is -1.67. The molecule has 0 saturated carbocycles. The van der Waals surface area contributed by atoms with Crippen LogP contribution in [0.5, 0.6) is 5.75 Å². The Labute approximate surface area is 131 Å². The van der Waals surface area contributed by atoms with Crippen molar-refractivity contribution in [2.45, 2.75) is 39.7 Å². The van der Waals surface area contributed by atoms with Crippen molar-refractivity contribution in [1.82, 2.24) is 0 Å². The molecule has 0 bridgehead atoms. The summed E-state index contributed by atoms with van der Waals surface area (Å²) in [6, 6.07) is 11.8. The number of anilines is 1. The number of halogens is 1. The van der Waals surface area contributed by atoms with Crippen molar-refractivity contribution >= 4 is 17.3 Å². The van der Waals surface area contributed by atoms with Gasteiger partial charge in [0.25, 0.3) is 0 Å². The number of rotatable bonds is 3. The highest BCUT2D eigenvalue weighted by atomic mass is 35.5. The Kier molecular flexibility index (Phi) is 4.48. The molecule has 2 N–H and O–H groups in total. The van der Waals surface area contributed by atoms with E-state index in [2.05, 4.69) is 45.9 Å². The molecule has 0 saturated heterocycles. The largest absolute Gasteiger partial charge is 0.489 e. The van der Waals surface area contributed by atoms with Crippen LogP contribution >= 0.6 is 11.6 Å². The first kappa shape index (κ1) is 15.7. The average molecular weight is 304 g/mol. The molecule has 0 heterocycles. The summed E-state index contributed by atoms with van der Waals surface area (Å²) in [7, 11) is 0. The van der Waals surface area contributed by atoms with E-state index in [0.717, 1.165) is 11.3 Å². The SMILES string of the molecule is Cc1ccc(C(C)(C)C)c(OCc2ccc(Cl)cc2N)c1. The molecule has 0 radical (unpaired) electrons. The van der Waals surface area contributed by atoms with Crippen LogP contribution in [0.4, 0.5) is 5.69 Å². The average Bonchev–Trinajstić information content (AvgIpc) is 2.36. The summed E-state index contributed by atoms with van der Waals surface area (Å²) in [5, 5.41) is 0.641. The minimum Gasteiger partial charge on any atom is -0.489 e. The molecule has 21 heavy (non-hydrogen) atoms. The topological polar surface area (TPSA) is 35.2 Å². The Morgan fingerprint density at radius 1 is 1.10 bits per heavy atom. The van der Waals surface area contributed by atoms with Crippen molar-refractivity contribution in [2.75, 3.05) is 5.73 Å². The zero-order valence-corrected chi connectivity index (χ0v) is 13.8. The molecule has 3 heteroatoms. The van der Waals surface area contributed by atoms with E-state index in [-0.39, 0.29) is 5.41 Å². The standard InChI is InChI=1S/C18H22ClNO/c1-12-5-8-15(18(2,3)4)17(9-12)21-11-13-6-7-14(19)10-16(13)20/h5-10H,11,20H2,1-4H3. The second-order valence-electron chi connectivity index (χ2n) is 6.38. The van der Waals surface area contributed by atoms with E-state index in [1.165, 1.54) is 11.1 Å². The molecule has 0 fully saturated rings. The molecule has 0 aliphatic rings. The third-order valence-electron chi connectivity index (χ3n) is 3.44. The van der Waals surface area contributed by atoms with Gasteiger partial charge in [0.2, 0.25) is 0 Å². The van der Waals surface area contributed by atoms with Crippen molar-refractivity contribution in [1.29, 1.82) is 0 Å². The third kappa shape index (κ3) is 3.92. The fourth-order valence-corrected chi connectivity index (χ4v) is 2.40. The Morgan fingerprint density at radius 3 is 2.43 bits per heavy atom. The molecule has 0 amide bonds. The molecule has 0 atom stereocenters. The molecule has 0 aliphatic carbocycles. The van der Waals surface area contributed by atoms with Crippen LogP contribution in [0.1, 0.15) is 37.5 Å². The smallest absolute Gasteiger partial charge is 0.123 e. The summed E-state index contributed by atoms with van der Waals surface area (Å²) < 4.78 is 6.03. The van der Waals surface area contributed by atoms with E-state index >= 15 is 0 Å². The van der Waals surface area contributed by atoms with Crippen LogP contribution in [0.2, 0.25) is 5.02 Å². The van der Waals surface area contributed by atoms with E-state index < -0.39 is 0 Å². The number of benzene rings is 2. The van der Waals surface area contributed by atoms with Gasteiger partial charge in [0, 0.05) is 16.3 Å². The number of nitrogens with two attached hydrogens (primary N) is 1. The lowest BCUT2D eigenvalue weighted by Crippen LogP contribution is -2.13. The highest BCUT2D eigenvalue weighted by molar-refractivity contribution is 6.30. The Bertz CT molecular complexity index is 644. The fourth-order valence-electron chi connectivity index (χ4n) is 2.22. The van der Waals surface area contributed by atoms with Crippen LogP contribution in [0.25, 0.3) is 0 Å². The molecule has 2 aromatic carbocycles. The molecule has 0 aromatic heterocycles. The fraction of sp³-hybridized carbons (Fsp3) is 0.333. The molecular weight excluding hydrogens is 282 g/mol. The van der Waals surface area contributed by atoms with Crippen molar-refractivity contribution in [3.05, 3.63) is 58.1 Å². The minimum atomic E-state index is 0.0363. The molecule has 2 rings (SSSR count). The van der Waals surface area contributed by atoms with Crippen LogP contribution < -0.4 is 10.5 Å². The molecular formula is C18H22ClNO. The van der Waals surface area contributed by atoms with Gasteiger partial charge in [-0.05, 0) is 41.7 Å². The van der Waals surface area contributed by atoms with Gasteiger partial charge in [-0.25, -0.2) is 0 Å². The summed E-state index contributed by atoms with van der Waals surface area (Å²) in [4.78, 5) is 0. The maximum Gasteiger partial charge on any atom is 0.123 e. The summed E-state index contributed by atoms with van der Waals surface area (Å²) in [5.74, 6) is 0.914. The third-order valence-corrected chi connectivity index (χ3v) is 3.67. The number of nitrogen functional groups attached to an aromatic ring is 1. The van der Waals surface area contributed by atoms with Gasteiger partial charge in [0.05, 0.1) is 0 Å². The van der Waals surface area contributed by atoms with E-state index in [9.17, 15) is 0 Å². The number of hydrogen-bond donors (Lipinski definition) is 1. The van der Waals surface area contributed by atoms with Gasteiger partial charge in [-0.3, -0.25) is 0 Å². The van der Waals surface area contributed by atoms with E-state index in [1.807, 2.05) is 12.1 Å². The number of aryl methyl sites for hydroxylation is 1. The normalized spacial score (nSPS) is 11.5. The minimum absolute atomic E-state index is 0.0363. The first-order valence-electron chi connectivity index (χ1n) is 7.05. The second kappa shape index (κ2) is 5.98. The van der Waals surface area contributed by atoms with Crippen LogP contribution in [-0.2, 0) is 12.0 Å². The number of ether oxygens (including phenoxy) is 1. The van der Waals surface area contributed by atoms with Gasteiger partial charge in [-0.15, -0.1) is 0 Å². The van der Waals surface area contributed by atoms with Crippen LogP contribution in [0, 0.1) is 6.92 Å². The first-order chi connectivity index (χ1) is 9.77. The maximum atomic E-state index is 6.03. The number of hydrogen-bond acceptors (Lipinski definition) is 2. The first-order valence-corrected chi connectivity index (χ1v) is 7.43. The Morgan fingerprint density at radius 2 is 1.81 bits per heavy atom. The molecule has 2 nitrogen and oxygen atoms in total. The van der Waals surface area contributed by atoms with Crippen molar-refractivity contribution in [2.24, 2.45) is 0 Å². The van der Waals surface area contributed by atoms with Gasteiger partial charge < -0.3 is 10.5 Å². The summed E-state index contributed by atoms with van der Waals surface area (Å²) in [6.07, 6.45) is 0. The quantitative estimate of drug-likeness (QED) is 0.800. The molecule has 0 spiro atoms. The highest BCUT2D eigenvalue weighted by Gasteiger charge is 2.19. The van der Waals surface area contributed by atoms with Gasteiger partial charge in [0.1, 0.15) is 12.4 Å². The van der Waals surface area contributed by atoms with Gasteiger partial charge in [0.15, 0.2) is 0 Å². The van der Waals surface area contributed by atoms with Crippen LogP contribution in [-0.4, -0.2) is 0 Å². The lowest BCUT2D eigenvalue weighted by Gasteiger charge is -2.23. The lowest BCUT2D eigenvalue weighted by atomic mass is 9.86. The molecule has 0 unspecified atom stereocenters.